The molecule has 6 heteroatoms. The van der Waals surface area contributed by atoms with Gasteiger partial charge in [0.25, 0.3) is 5.91 Å². The molecule has 1 atom stereocenters. The Bertz CT molecular complexity index is 1190. The summed E-state index contributed by atoms with van der Waals surface area (Å²) in [6.07, 6.45) is 0. The summed E-state index contributed by atoms with van der Waals surface area (Å²) in [4.78, 5) is 38.8. The van der Waals surface area contributed by atoms with Crippen LogP contribution in [0.5, 0.6) is 0 Å². The second-order valence-electron chi connectivity index (χ2n) is 7.67. The van der Waals surface area contributed by atoms with Crippen molar-refractivity contribution in [1.82, 2.24) is 0 Å². The molecule has 0 radical (unpaired) electrons. The van der Waals surface area contributed by atoms with E-state index in [2.05, 4.69) is 5.32 Å². The van der Waals surface area contributed by atoms with Crippen LogP contribution in [0.1, 0.15) is 34.0 Å². The normalized spacial score (nSPS) is 17.4. The summed E-state index contributed by atoms with van der Waals surface area (Å²) in [5, 5.41) is 14.2. The number of hydrogen-bond donors (Lipinski definition) is 2. The minimum atomic E-state index is -1.86. The van der Waals surface area contributed by atoms with Crippen LogP contribution in [0.4, 0.5) is 11.4 Å². The molecule has 1 aliphatic heterocycles. The Morgan fingerprint density at radius 2 is 1.71 bits per heavy atom. The first-order chi connectivity index (χ1) is 14.8. The highest BCUT2D eigenvalue weighted by Gasteiger charge is 2.51. The summed E-state index contributed by atoms with van der Waals surface area (Å²) < 4.78 is 0. The Morgan fingerprint density at radius 1 is 1.00 bits per heavy atom. The van der Waals surface area contributed by atoms with Gasteiger partial charge in [0.15, 0.2) is 11.4 Å². The second-order valence-corrected chi connectivity index (χ2v) is 7.67. The molecule has 0 saturated heterocycles. The van der Waals surface area contributed by atoms with Crippen molar-refractivity contribution in [1.29, 1.82) is 0 Å². The third kappa shape index (κ3) is 3.62. The summed E-state index contributed by atoms with van der Waals surface area (Å²) in [7, 11) is 0. The summed E-state index contributed by atoms with van der Waals surface area (Å²) in [5.41, 5.74) is 1.54. The average molecular weight is 414 g/mol. The van der Waals surface area contributed by atoms with Crippen LogP contribution in [0.25, 0.3) is 0 Å². The van der Waals surface area contributed by atoms with E-state index in [4.69, 9.17) is 0 Å². The minimum Gasteiger partial charge on any atom is -0.372 e. The molecule has 1 heterocycles. The van der Waals surface area contributed by atoms with E-state index in [1.165, 1.54) is 11.8 Å². The van der Waals surface area contributed by atoms with E-state index in [1.807, 2.05) is 13.0 Å². The van der Waals surface area contributed by atoms with Gasteiger partial charge in [0.1, 0.15) is 6.54 Å². The summed E-state index contributed by atoms with van der Waals surface area (Å²) in [5.74, 6) is -1.04. The number of aryl methyl sites for hydroxylation is 1. The van der Waals surface area contributed by atoms with E-state index in [0.717, 1.165) is 5.56 Å². The van der Waals surface area contributed by atoms with E-state index in [0.29, 0.717) is 28.1 Å². The molecule has 0 bridgehead atoms. The van der Waals surface area contributed by atoms with Crippen LogP contribution in [0.15, 0.2) is 72.8 Å². The molecule has 0 spiro atoms. The number of nitrogens with one attached hydrogen (secondary N) is 1. The van der Waals surface area contributed by atoms with Crippen molar-refractivity contribution >= 4 is 29.0 Å². The number of para-hydroxylation sites is 1. The maximum atomic E-state index is 13.4. The van der Waals surface area contributed by atoms with E-state index < -0.39 is 17.4 Å². The number of Topliss-reactive ketones (excluding diaryl/α,β-unsaturated/α-hetero) is 1. The molecular formula is C25H22N2O4. The van der Waals surface area contributed by atoms with Crippen molar-refractivity contribution in [2.45, 2.75) is 19.4 Å². The van der Waals surface area contributed by atoms with Gasteiger partial charge in [-0.3, -0.25) is 19.3 Å². The summed E-state index contributed by atoms with van der Waals surface area (Å²) in [6, 6.07) is 20.6. The van der Waals surface area contributed by atoms with Crippen LogP contribution in [0.2, 0.25) is 0 Å². The van der Waals surface area contributed by atoms with Crippen molar-refractivity contribution in [3.05, 3.63) is 95.1 Å². The minimum absolute atomic E-state index is 0.0624. The van der Waals surface area contributed by atoms with Gasteiger partial charge in [0, 0.05) is 16.8 Å². The third-order valence-corrected chi connectivity index (χ3v) is 5.45. The topological polar surface area (TPSA) is 86.7 Å². The lowest BCUT2D eigenvalue weighted by molar-refractivity contribution is -0.133. The van der Waals surface area contributed by atoms with Crippen molar-refractivity contribution in [3.63, 3.8) is 0 Å². The van der Waals surface area contributed by atoms with Crippen LogP contribution < -0.4 is 10.2 Å². The molecule has 0 aliphatic carbocycles. The molecule has 2 N–H and O–H groups in total. The van der Waals surface area contributed by atoms with Gasteiger partial charge in [-0.2, -0.15) is 0 Å². The largest absolute Gasteiger partial charge is 0.372 e. The van der Waals surface area contributed by atoms with Gasteiger partial charge < -0.3 is 10.4 Å². The molecule has 31 heavy (non-hydrogen) atoms. The number of carbonyl (C=O) groups excluding carboxylic acids is 3. The smallest absolute Gasteiger partial charge is 0.268 e. The highest BCUT2D eigenvalue weighted by molar-refractivity contribution is 6.12. The molecule has 0 aromatic heterocycles. The lowest BCUT2D eigenvalue weighted by Gasteiger charge is -2.24. The first-order valence-corrected chi connectivity index (χ1v) is 9.92. The fourth-order valence-corrected chi connectivity index (χ4v) is 3.87. The SMILES string of the molecule is CC(=O)c1ccc(NC(=O)CN2C(=O)[C@@](O)(c3cccc(C)c3)c3ccccc32)cc1. The first kappa shape index (κ1) is 20.5. The number of carbonyl (C=O) groups is 3. The number of fused-ring (bicyclic) bond motifs is 1. The van der Waals surface area contributed by atoms with Crippen LogP contribution in [-0.4, -0.2) is 29.2 Å². The Hall–Kier alpha value is -3.77. The van der Waals surface area contributed by atoms with E-state index in [9.17, 15) is 19.5 Å². The van der Waals surface area contributed by atoms with Crippen molar-refractivity contribution < 1.29 is 19.5 Å². The summed E-state index contributed by atoms with van der Waals surface area (Å²) >= 11 is 0. The molecule has 4 rings (SSSR count). The zero-order chi connectivity index (χ0) is 22.2. The number of aliphatic hydroxyl groups is 1. The Kier molecular flexibility index (Phi) is 5.17. The van der Waals surface area contributed by atoms with Gasteiger partial charge in [-0.05, 0) is 49.7 Å². The van der Waals surface area contributed by atoms with Crippen molar-refractivity contribution in [2.75, 3.05) is 16.8 Å². The van der Waals surface area contributed by atoms with Gasteiger partial charge in [-0.1, -0.05) is 48.0 Å². The van der Waals surface area contributed by atoms with Crippen LogP contribution in [0.3, 0.4) is 0 Å². The molecule has 156 valence electrons. The molecule has 0 fully saturated rings. The third-order valence-electron chi connectivity index (χ3n) is 5.45. The highest BCUT2D eigenvalue weighted by atomic mass is 16.3. The van der Waals surface area contributed by atoms with Crippen LogP contribution in [-0.2, 0) is 15.2 Å². The number of nitrogens with zero attached hydrogens (tertiary/aromatic N) is 1. The van der Waals surface area contributed by atoms with Gasteiger partial charge >= 0.3 is 0 Å². The van der Waals surface area contributed by atoms with Gasteiger partial charge in [0.2, 0.25) is 5.91 Å². The zero-order valence-electron chi connectivity index (χ0n) is 17.3. The van der Waals surface area contributed by atoms with Gasteiger partial charge in [-0.15, -0.1) is 0 Å². The van der Waals surface area contributed by atoms with Gasteiger partial charge in [-0.25, -0.2) is 0 Å². The fourth-order valence-electron chi connectivity index (χ4n) is 3.87. The lowest BCUT2D eigenvalue weighted by Crippen LogP contribution is -2.44. The lowest BCUT2D eigenvalue weighted by atomic mass is 9.87. The summed E-state index contributed by atoms with van der Waals surface area (Å²) in [6.45, 7) is 3.11. The quantitative estimate of drug-likeness (QED) is 0.627. The number of ketones is 1. The Morgan fingerprint density at radius 3 is 2.39 bits per heavy atom. The van der Waals surface area contributed by atoms with E-state index in [1.54, 1.807) is 66.7 Å². The van der Waals surface area contributed by atoms with Gasteiger partial charge in [0.05, 0.1) is 5.69 Å². The molecule has 0 saturated carbocycles. The van der Waals surface area contributed by atoms with Crippen LogP contribution >= 0.6 is 0 Å². The number of anilines is 2. The van der Waals surface area contributed by atoms with Crippen molar-refractivity contribution in [3.8, 4) is 0 Å². The fraction of sp³-hybridized carbons (Fsp3) is 0.160. The number of benzene rings is 3. The molecule has 3 aromatic rings. The molecule has 0 unspecified atom stereocenters. The average Bonchev–Trinajstić information content (AvgIpc) is 2.97. The van der Waals surface area contributed by atoms with Crippen molar-refractivity contribution in [2.24, 2.45) is 0 Å². The molecule has 6 nitrogen and oxygen atoms in total. The molecule has 2 amide bonds. The zero-order valence-corrected chi connectivity index (χ0v) is 17.3. The maximum absolute atomic E-state index is 13.4. The highest BCUT2D eigenvalue weighted by Crippen LogP contribution is 2.44. The molecule has 1 aliphatic rings. The number of amides is 2. The molecule has 3 aromatic carbocycles. The number of rotatable bonds is 5. The van der Waals surface area contributed by atoms with E-state index >= 15 is 0 Å². The Labute approximate surface area is 180 Å². The Balaban J connectivity index is 1.61. The van der Waals surface area contributed by atoms with E-state index in [-0.39, 0.29) is 12.3 Å². The second kappa shape index (κ2) is 7.81. The first-order valence-electron chi connectivity index (χ1n) is 9.92. The molecular weight excluding hydrogens is 392 g/mol. The maximum Gasteiger partial charge on any atom is 0.268 e. The number of hydrogen-bond acceptors (Lipinski definition) is 4. The predicted molar refractivity (Wildman–Crippen MR) is 118 cm³/mol. The standard InChI is InChI=1S/C25H22N2O4/c1-16-6-5-7-19(14-16)25(31)21-8-3-4-9-22(21)27(24(25)30)15-23(29)26-20-12-10-18(11-13-20)17(2)28/h3-14,31H,15H2,1-2H3,(H,26,29)/t25-/m1/s1. The van der Waals surface area contributed by atoms with Crippen LogP contribution in [0, 0.1) is 6.92 Å². The monoisotopic (exact) mass is 414 g/mol. The predicted octanol–water partition coefficient (Wildman–Crippen LogP) is 3.42.